The maximum atomic E-state index is 10.1. The molecular formula is C22H34N2O4. The molecule has 0 saturated heterocycles. The van der Waals surface area contributed by atoms with E-state index in [1.807, 2.05) is 64.1 Å². The molecule has 2 rings (SSSR count). The minimum absolute atomic E-state index is 0.212. The second kappa shape index (κ2) is 11.2. The molecule has 0 saturated carbocycles. The van der Waals surface area contributed by atoms with E-state index in [1.54, 1.807) is 0 Å². The van der Waals surface area contributed by atoms with Crippen LogP contribution in [0.3, 0.4) is 0 Å². The Kier molecular flexibility index (Phi) is 8.99. The third-order valence-electron chi connectivity index (χ3n) is 4.23. The fraction of sp³-hybridized carbons (Fsp3) is 0.545. The van der Waals surface area contributed by atoms with Crippen LogP contribution in [0.5, 0.6) is 11.5 Å². The first-order chi connectivity index (χ1) is 13.4. The van der Waals surface area contributed by atoms with Gasteiger partial charge in [0.2, 0.25) is 0 Å². The minimum Gasteiger partial charge on any atom is -0.490 e. The molecule has 2 unspecified atom stereocenters. The van der Waals surface area contributed by atoms with E-state index < -0.39 is 12.2 Å². The number of benzene rings is 2. The number of hydrogen-bond acceptors (Lipinski definition) is 6. The van der Waals surface area contributed by atoms with Gasteiger partial charge < -0.3 is 30.3 Å². The zero-order chi connectivity index (χ0) is 20.5. The number of aliphatic hydroxyl groups is 2. The highest BCUT2D eigenvalue weighted by Crippen LogP contribution is 2.32. The molecule has 0 aromatic heterocycles. The van der Waals surface area contributed by atoms with Crippen molar-refractivity contribution >= 4 is 10.8 Å². The summed E-state index contributed by atoms with van der Waals surface area (Å²) in [7, 11) is 0. The van der Waals surface area contributed by atoms with Gasteiger partial charge in [-0.2, -0.15) is 0 Å². The smallest absolute Gasteiger partial charge is 0.127 e. The second-order valence-electron chi connectivity index (χ2n) is 7.66. The van der Waals surface area contributed by atoms with Crippen molar-refractivity contribution < 1.29 is 19.7 Å². The van der Waals surface area contributed by atoms with E-state index >= 15 is 0 Å². The molecule has 6 heteroatoms. The molecule has 156 valence electrons. The van der Waals surface area contributed by atoms with Gasteiger partial charge in [0, 0.05) is 35.9 Å². The summed E-state index contributed by atoms with van der Waals surface area (Å²) >= 11 is 0. The molecule has 28 heavy (non-hydrogen) atoms. The molecule has 4 N–H and O–H groups in total. The Morgan fingerprint density at radius 2 is 1.11 bits per heavy atom. The third kappa shape index (κ3) is 7.28. The SMILES string of the molecule is CC(C)NCC(O)COc1cccc2c(OCC(O)CNC(C)C)cccc12. The van der Waals surface area contributed by atoms with E-state index in [0.29, 0.717) is 36.7 Å². The van der Waals surface area contributed by atoms with Gasteiger partial charge in [-0.15, -0.1) is 0 Å². The van der Waals surface area contributed by atoms with Crippen LogP contribution < -0.4 is 20.1 Å². The van der Waals surface area contributed by atoms with Crippen LogP contribution in [-0.4, -0.2) is 60.8 Å². The summed E-state index contributed by atoms with van der Waals surface area (Å²) in [5.74, 6) is 1.40. The number of nitrogens with one attached hydrogen (secondary N) is 2. The molecule has 0 aliphatic heterocycles. The van der Waals surface area contributed by atoms with Crippen LogP contribution in [-0.2, 0) is 0 Å². The van der Waals surface area contributed by atoms with Gasteiger partial charge in [0.1, 0.15) is 36.9 Å². The molecule has 0 bridgehead atoms. The summed E-state index contributed by atoms with van der Waals surface area (Å²) in [5, 5.41) is 28.4. The van der Waals surface area contributed by atoms with Crippen molar-refractivity contribution in [3.05, 3.63) is 36.4 Å². The summed E-state index contributed by atoms with van der Waals surface area (Å²) in [6.45, 7) is 9.54. The quantitative estimate of drug-likeness (QED) is 0.445. The maximum absolute atomic E-state index is 10.1. The lowest BCUT2D eigenvalue weighted by Crippen LogP contribution is -2.35. The lowest BCUT2D eigenvalue weighted by Gasteiger charge is -2.18. The van der Waals surface area contributed by atoms with Gasteiger partial charge in [-0.05, 0) is 12.1 Å². The summed E-state index contributed by atoms with van der Waals surface area (Å²) in [5.41, 5.74) is 0. The molecule has 0 spiro atoms. The predicted molar refractivity (Wildman–Crippen MR) is 113 cm³/mol. The van der Waals surface area contributed by atoms with Gasteiger partial charge in [0.25, 0.3) is 0 Å². The predicted octanol–water partition coefficient (Wildman–Crippen LogP) is 2.32. The van der Waals surface area contributed by atoms with Crippen LogP contribution in [0, 0.1) is 0 Å². The van der Waals surface area contributed by atoms with E-state index in [4.69, 9.17) is 9.47 Å². The van der Waals surface area contributed by atoms with Crippen LogP contribution in [0.25, 0.3) is 10.8 Å². The Labute approximate surface area is 167 Å². The standard InChI is InChI=1S/C22H34N2O4/c1-15(2)23-11-17(25)13-27-21-9-5-8-20-19(21)7-6-10-22(20)28-14-18(26)12-24-16(3)4/h5-10,15-18,23-26H,11-14H2,1-4H3. The first kappa shape index (κ1) is 22.4. The van der Waals surface area contributed by atoms with Crippen LogP contribution in [0.15, 0.2) is 36.4 Å². The average molecular weight is 391 g/mol. The normalized spacial score (nSPS) is 13.9. The van der Waals surface area contributed by atoms with Crippen molar-refractivity contribution in [1.29, 1.82) is 0 Å². The summed E-state index contributed by atoms with van der Waals surface area (Å²) in [6.07, 6.45) is -1.17. The topological polar surface area (TPSA) is 83.0 Å². The van der Waals surface area contributed by atoms with E-state index in [9.17, 15) is 10.2 Å². The largest absolute Gasteiger partial charge is 0.490 e. The van der Waals surface area contributed by atoms with Gasteiger partial charge in [0.15, 0.2) is 0 Å². The zero-order valence-electron chi connectivity index (χ0n) is 17.3. The lowest BCUT2D eigenvalue weighted by atomic mass is 10.1. The van der Waals surface area contributed by atoms with Crippen LogP contribution >= 0.6 is 0 Å². The van der Waals surface area contributed by atoms with Gasteiger partial charge in [-0.1, -0.05) is 52.0 Å². The Balaban J connectivity index is 2.01. The molecule has 0 aliphatic rings. The Bertz CT molecular complexity index is 659. The number of rotatable bonds is 12. The Morgan fingerprint density at radius 3 is 1.46 bits per heavy atom. The molecule has 0 heterocycles. The second-order valence-corrected chi connectivity index (χ2v) is 7.66. The van der Waals surface area contributed by atoms with Gasteiger partial charge >= 0.3 is 0 Å². The Morgan fingerprint density at radius 1 is 0.714 bits per heavy atom. The maximum Gasteiger partial charge on any atom is 0.127 e. The van der Waals surface area contributed by atoms with Crippen LogP contribution in [0.1, 0.15) is 27.7 Å². The third-order valence-corrected chi connectivity index (χ3v) is 4.23. The fourth-order valence-corrected chi connectivity index (χ4v) is 2.74. The van der Waals surface area contributed by atoms with Crippen molar-refractivity contribution in [3.63, 3.8) is 0 Å². The van der Waals surface area contributed by atoms with Crippen molar-refractivity contribution in [2.45, 2.75) is 52.0 Å². The number of ether oxygens (including phenoxy) is 2. The highest BCUT2D eigenvalue weighted by molar-refractivity contribution is 5.93. The fourth-order valence-electron chi connectivity index (χ4n) is 2.74. The Hall–Kier alpha value is -1.86. The van der Waals surface area contributed by atoms with Crippen molar-refractivity contribution in [2.24, 2.45) is 0 Å². The summed E-state index contributed by atoms with van der Waals surface area (Å²) < 4.78 is 11.7. The first-order valence-corrected chi connectivity index (χ1v) is 9.97. The zero-order valence-corrected chi connectivity index (χ0v) is 17.3. The number of hydrogen-bond donors (Lipinski definition) is 4. The molecule has 0 amide bonds. The molecule has 2 atom stereocenters. The van der Waals surface area contributed by atoms with E-state index in [0.717, 1.165) is 10.8 Å². The van der Waals surface area contributed by atoms with Crippen molar-refractivity contribution in [1.82, 2.24) is 10.6 Å². The van der Waals surface area contributed by atoms with E-state index in [-0.39, 0.29) is 13.2 Å². The summed E-state index contributed by atoms with van der Waals surface area (Å²) in [6, 6.07) is 12.1. The van der Waals surface area contributed by atoms with Crippen molar-refractivity contribution in [3.8, 4) is 11.5 Å². The minimum atomic E-state index is -0.583. The van der Waals surface area contributed by atoms with Gasteiger partial charge in [-0.25, -0.2) is 0 Å². The molecule has 0 fully saturated rings. The summed E-state index contributed by atoms with van der Waals surface area (Å²) in [4.78, 5) is 0. The highest BCUT2D eigenvalue weighted by Gasteiger charge is 2.12. The van der Waals surface area contributed by atoms with Crippen LogP contribution in [0.2, 0.25) is 0 Å². The van der Waals surface area contributed by atoms with Crippen LogP contribution in [0.4, 0.5) is 0 Å². The number of fused-ring (bicyclic) bond motifs is 1. The van der Waals surface area contributed by atoms with Gasteiger partial charge in [-0.3, -0.25) is 0 Å². The van der Waals surface area contributed by atoms with Crippen molar-refractivity contribution in [2.75, 3.05) is 26.3 Å². The molecule has 0 radical (unpaired) electrons. The molecule has 6 nitrogen and oxygen atoms in total. The lowest BCUT2D eigenvalue weighted by molar-refractivity contribution is 0.105. The highest BCUT2D eigenvalue weighted by atomic mass is 16.5. The molecule has 2 aromatic carbocycles. The van der Waals surface area contributed by atoms with E-state index in [1.165, 1.54) is 0 Å². The van der Waals surface area contributed by atoms with E-state index in [2.05, 4.69) is 10.6 Å². The molecular weight excluding hydrogens is 356 g/mol. The molecule has 2 aromatic rings. The van der Waals surface area contributed by atoms with Gasteiger partial charge in [0.05, 0.1) is 0 Å². The number of aliphatic hydroxyl groups excluding tert-OH is 2. The molecule has 0 aliphatic carbocycles. The average Bonchev–Trinajstić information content (AvgIpc) is 2.67. The first-order valence-electron chi connectivity index (χ1n) is 9.97. The monoisotopic (exact) mass is 390 g/mol.